The van der Waals surface area contributed by atoms with E-state index in [0.29, 0.717) is 0 Å². The lowest BCUT2D eigenvalue weighted by molar-refractivity contribution is 1.22. The number of aryl methyl sites for hydroxylation is 1. The third-order valence-electron chi connectivity index (χ3n) is 1.85. The van der Waals surface area contributed by atoms with Crippen molar-refractivity contribution in [3.05, 3.63) is 41.1 Å². The topological polar surface area (TPSA) is 15.8 Å². The first-order valence-electron chi connectivity index (χ1n) is 3.83. The molecule has 0 unspecified atom stereocenters. The molecule has 1 heteroatoms. The first-order valence-corrected chi connectivity index (χ1v) is 3.83. The van der Waals surface area contributed by atoms with Crippen LogP contribution in [-0.4, -0.2) is 4.98 Å². The molecule has 12 heavy (non-hydrogen) atoms. The van der Waals surface area contributed by atoms with E-state index < -0.39 is 0 Å². The van der Waals surface area contributed by atoms with Gasteiger partial charge in [-0.15, -0.1) is 0 Å². The van der Waals surface area contributed by atoms with Crippen molar-refractivity contribution in [2.45, 2.75) is 6.92 Å². The number of nitrogens with one attached hydrogen (secondary N) is 1. The fraction of sp³-hybridized carbons (Fsp3) is 0.0909. The second kappa shape index (κ2) is 3.26. The van der Waals surface area contributed by atoms with Gasteiger partial charge in [-0.1, -0.05) is 38.0 Å². The smallest absolute Gasteiger partial charge is 0.0389 e. The van der Waals surface area contributed by atoms with Crippen LogP contribution in [0.2, 0.25) is 0 Å². The highest BCUT2D eigenvalue weighted by Crippen LogP contribution is 1.96. The van der Waals surface area contributed by atoms with Crippen molar-refractivity contribution < 1.29 is 0 Å². The summed E-state index contributed by atoms with van der Waals surface area (Å²) < 4.78 is 0. The first kappa shape index (κ1) is 8.60. The van der Waals surface area contributed by atoms with Crippen LogP contribution in [0.5, 0.6) is 0 Å². The van der Waals surface area contributed by atoms with Crippen LogP contribution in [0.15, 0.2) is 19.2 Å². The predicted molar refractivity (Wildman–Crippen MR) is 55.1 cm³/mol. The second-order valence-corrected chi connectivity index (χ2v) is 2.66. The van der Waals surface area contributed by atoms with Crippen LogP contribution < -0.4 is 10.6 Å². The van der Waals surface area contributed by atoms with Gasteiger partial charge >= 0.3 is 0 Å². The molecule has 0 saturated carbocycles. The maximum atomic E-state index is 3.89. The highest BCUT2D eigenvalue weighted by molar-refractivity contribution is 5.55. The Bertz CT molecular complexity index is 407. The van der Waals surface area contributed by atoms with Gasteiger partial charge in [0.1, 0.15) is 0 Å². The molecule has 1 aromatic rings. The van der Waals surface area contributed by atoms with Crippen LogP contribution in [0.1, 0.15) is 11.3 Å². The molecule has 0 atom stereocenters. The first-order chi connectivity index (χ1) is 5.70. The zero-order valence-electron chi connectivity index (χ0n) is 7.35. The average Bonchev–Trinajstić information content (AvgIpc) is 2.28. The Morgan fingerprint density at radius 1 is 1.33 bits per heavy atom. The minimum Gasteiger partial charge on any atom is -0.359 e. The molecule has 1 rings (SSSR count). The molecule has 0 fully saturated rings. The third kappa shape index (κ3) is 1.26. The highest BCUT2D eigenvalue weighted by Gasteiger charge is 1.97. The normalized spacial score (nSPS) is 11.6. The molecule has 0 aliphatic carbocycles. The number of hydrogen-bond donors (Lipinski definition) is 1. The monoisotopic (exact) mass is 159 g/mol. The molecule has 0 aliphatic rings. The minimum absolute atomic E-state index is 0.919. The zero-order chi connectivity index (χ0) is 9.14. The van der Waals surface area contributed by atoms with Crippen molar-refractivity contribution in [1.29, 1.82) is 0 Å². The van der Waals surface area contributed by atoms with Crippen LogP contribution in [0, 0.1) is 6.92 Å². The number of hydrogen-bond acceptors (Lipinski definition) is 0. The van der Waals surface area contributed by atoms with Crippen molar-refractivity contribution in [3.8, 4) is 0 Å². The molecule has 62 valence electrons. The van der Waals surface area contributed by atoms with Gasteiger partial charge in [0.05, 0.1) is 0 Å². The fourth-order valence-corrected chi connectivity index (χ4v) is 1.30. The van der Waals surface area contributed by atoms with E-state index >= 15 is 0 Å². The second-order valence-electron chi connectivity index (χ2n) is 2.66. The van der Waals surface area contributed by atoms with Crippen molar-refractivity contribution in [3.63, 3.8) is 0 Å². The number of rotatable bonds is 2. The lowest BCUT2D eigenvalue weighted by Crippen LogP contribution is -2.21. The summed E-state index contributed by atoms with van der Waals surface area (Å²) in [6, 6.07) is 0. The van der Waals surface area contributed by atoms with Gasteiger partial charge in [0.2, 0.25) is 0 Å². The minimum atomic E-state index is 0.919. The molecule has 1 heterocycles. The summed E-state index contributed by atoms with van der Waals surface area (Å²) in [4.78, 5) is 3.15. The SMILES string of the molecule is C=C/C=c1/c(C=C)c(C)[nH]c1=C. The van der Waals surface area contributed by atoms with Gasteiger partial charge in [0, 0.05) is 21.8 Å². The van der Waals surface area contributed by atoms with Crippen molar-refractivity contribution >= 4 is 18.7 Å². The molecular weight excluding hydrogens is 146 g/mol. The van der Waals surface area contributed by atoms with Crippen LogP contribution in [-0.2, 0) is 0 Å². The Morgan fingerprint density at radius 3 is 2.50 bits per heavy atom. The summed E-state index contributed by atoms with van der Waals surface area (Å²) in [5, 5.41) is 2.00. The third-order valence-corrected chi connectivity index (χ3v) is 1.85. The Labute approximate surface area is 72.4 Å². The lowest BCUT2D eigenvalue weighted by Gasteiger charge is -1.86. The summed E-state index contributed by atoms with van der Waals surface area (Å²) in [7, 11) is 0. The molecule has 1 N–H and O–H groups in total. The van der Waals surface area contributed by atoms with Gasteiger partial charge in [-0.3, -0.25) is 0 Å². The number of aromatic amines is 1. The molecule has 1 nitrogen and oxygen atoms in total. The Hall–Kier alpha value is -1.50. The van der Waals surface area contributed by atoms with Crippen LogP contribution in [0.3, 0.4) is 0 Å². The maximum absolute atomic E-state index is 3.89. The van der Waals surface area contributed by atoms with E-state index in [4.69, 9.17) is 0 Å². The number of aromatic nitrogens is 1. The molecule has 0 aliphatic heterocycles. The molecule has 0 bridgehead atoms. The highest BCUT2D eigenvalue weighted by atomic mass is 14.7. The van der Waals surface area contributed by atoms with Gasteiger partial charge < -0.3 is 4.98 Å². The van der Waals surface area contributed by atoms with E-state index in [1.165, 1.54) is 0 Å². The van der Waals surface area contributed by atoms with E-state index in [1.807, 2.05) is 19.1 Å². The van der Waals surface area contributed by atoms with Gasteiger partial charge in [-0.25, -0.2) is 0 Å². The standard InChI is InChI=1S/C11H13N/c1-5-7-11-9(4)12-8(3)10(11)6-2/h5-7,12H,1-2,4H2,3H3/b11-7+. The molecule has 0 spiro atoms. The Morgan fingerprint density at radius 2 is 2.00 bits per heavy atom. The van der Waals surface area contributed by atoms with Crippen LogP contribution in [0.25, 0.3) is 18.7 Å². The van der Waals surface area contributed by atoms with Gasteiger partial charge in [-0.05, 0) is 6.92 Å². The summed E-state index contributed by atoms with van der Waals surface area (Å²) >= 11 is 0. The van der Waals surface area contributed by atoms with E-state index in [0.717, 1.165) is 21.8 Å². The molecule has 0 saturated heterocycles. The largest absolute Gasteiger partial charge is 0.359 e. The van der Waals surface area contributed by atoms with E-state index in [2.05, 4.69) is 24.7 Å². The summed E-state index contributed by atoms with van der Waals surface area (Å²) in [6.45, 7) is 13.3. The number of allylic oxidation sites excluding steroid dienone is 1. The van der Waals surface area contributed by atoms with E-state index in [9.17, 15) is 0 Å². The van der Waals surface area contributed by atoms with Crippen LogP contribution >= 0.6 is 0 Å². The van der Waals surface area contributed by atoms with Gasteiger partial charge in [0.15, 0.2) is 0 Å². The van der Waals surface area contributed by atoms with Crippen molar-refractivity contribution in [1.82, 2.24) is 4.98 Å². The lowest BCUT2D eigenvalue weighted by atomic mass is 10.2. The molecule has 0 amide bonds. The predicted octanol–water partition coefficient (Wildman–Crippen LogP) is 1.34. The Balaban J connectivity index is 3.65. The molecule has 0 aromatic carbocycles. The van der Waals surface area contributed by atoms with E-state index in [-0.39, 0.29) is 0 Å². The molecule has 0 radical (unpaired) electrons. The Kier molecular flexibility index (Phi) is 2.34. The van der Waals surface area contributed by atoms with Crippen LogP contribution in [0.4, 0.5) is 0 Å². The average molecular weight is 159 g/mol. The quantitative estimate of drug-likeness (QED) is 0.670. The summed E-state index contributed by atoms with van der Waals surface area (Å²) in [5.74, 6) is 0. The fourth-order valence-electron chi connectivity index (χ4n) is 1.30. The molecule has 1 aromatic heterocycles. The van der Waals surface area contributed by atoms with E-state index in [1.54, 1.807) is 6.08 Å². The molecular formula is C11H13N. The van der Waals surface area contributed by atoms with Gasteiger partial charge in [-0.2, -0.15) is 0 Å². The van der Waals surface area contributed by atoms with Gasteiger partial charge in [0.25, 0.3) is 0 Å². The maximum Gasteiger partial charge on any atom is 0.0389 e. The summed E-state index contributed by atoms with van der Waals surface area (Å²) in [6.07, 6.45) is 5.52. The van der Waals surface area contributed by atoms with Crippen molar-refractivity contribution in [2.75, 3.05) is 0 Å². The number of H-pyrrole nitrogens is 1. The summed E-state index contributed by atoms with van der Waals surface area (Å²) in [5.41, 5.74) is 2.21. The van der Waals surface area contributed by atoms with Crippen molar-refractivity contribution in [2.24, 2.45) is 0 Å². The zero-order valence-corrected chi connectivity index (χ0v) is 7.35.